The molecule has 0 aliphatic carbocycles. The Morgan fingerprint density at radius 2 is 2.12 bits per heavy atom. The third-order valence-electron chi connectivity index (χ3n) is 2.62. The van der Waals surface area contributed by atoms with Crippen molar-refractivity contribution in [2.24, 2.45) is 0 Å². The second-order valence-corrected chi connectivity index (χ2v) is 3.97. The quantitative estimate of drug-likeness (QED) is 0.790. The Bertz CT molecular complexity index is 387. The minimum absolute atomic E-state index is 0.311. The number of methoxy groups -OCH3 is 1. The Balaban J connectivity index is 2.68. The van der Waals surface area contributed by atoms with Crippen molar-refractivity contribution in [3.8, 4) is 11.8 Å². The number of hydrogen-bond donors (Lipinski definition) is 1. The van der Waals surface area contributed by atoms with Crippen LogP contribution in [0.3, 0.4) is 0 Å². The maximum atomic E-state index is 9.42. The standard InChI is InChI=1S/C15H20O2/c1-3-15(16)10-6-9-13-7-4-5-8-14(13)11-12-17-2/h4-5,7-8,15-16H,3,10-12H2,1-2H3. The van der Waals surface area contributed by atoms with Gasteiger partial charge in [0, 0.05) is 19.1 Å². The first kappa shape index (κ1) is 13.8. The zero-order valence-electron chi connectivity index (χ0n) is 10.6. The summed E-state index contributed by atoms with van der Waals surface area (Å²) < 4.78 is 5.07. The van der Waals surface area contributed by atoms with Gasteiger partial charge in [0.1, 0.15) is 0 Å². The smallest absolute Gasteiger partial charge is 0.0646 e. The molecule has 0 amide bonds. The molecule has 0 aromatic heterocycles. The number of ether oxygens (including phenoxy) is 1. The van der Waals surface area contributed by atoms with Gasteiger partial charge >= 0.3 is 0 Å². The molecular formula is C15H20O2. The molecule has 1 atom stereocenters. The van der Waals surface area contributed by atoms with Crippen molar-refractivity contribution in [2.75, 3.05) is 13.7 Å². The molecule has 0 heterocycles. The second kappa shape index (κ2) is 7.89. The van der Waals surface area contributed by atoms with Gasteiger partial charge in [-0.1, -0.05) is 37.0 Å². The Labute approximate surface area is 104 Å². The molecule has 2 heteroatoms. The lowest BCUT2D eigenvalue weighted by molar-refractivity contribution is 0.176. The van der Waals surface area contributed by atoms with Crippen molar-refractivity contribution in [3.05, 3.63) is 35.4 Å². The van der Waals surface area contributed by atoms with Crippen LogP contribution in [0, 0.1) is 11.8 Å². The normalized spacial score (nSPS) is 11.7. The third-order valence-corrected chi connectivity index (χ3v) is 2.62. The Hall–Kier alpha value is -1.30. The maximum Gasteiger partial charge on any atom is 0.0646 e. The Kier molecular flexibility index (Phi) is 6.39. The SMILES string of the molecule is CCC(O)CC#Cc1ccccc1CCOC. The lowest BCUT2D eigenvalue weighted by Gasteiger charge is -2.03. The van der Waals surface area contributed by atoms with Crippen LogP contribution in [0.15, 0.2) is 24.3 Å². The molecule has 0 saturated carbocycles. The highest BCUT2D eigenvalue weighted by atomic mass is 16.5. The fraction of sp³-hybridized carbons (Fsp3) is 0.467. The minimum Gasteiger partial charge on any atom is -0.392 e. The lowest BCUT2D eigenvalue weighted by atomic mass is 10.0. The van der Waals surface area contributed by atoms with Crippen molar-refractivity contribution < 1.29 is 9.84 Å². The van der Waals surface area contributed by atoms with Crippen LogP contribution in [-0.4, -0.2) is 24.9 Å². The van der Waals surface area contributed by atoms with Crippen LogP contribution in [0.25, 0.3) is 0 Å². The van der Waals surface area contributed by atoms with E-state index in [1.165, 1.54) is 5.56 Å². The van der Waals surface area contributed by atoms with Crippen LogP contribution < -0.4 is 0 Å². The van der Waals surface area contributed by atoms with E-state index in [1.54, 1.807) is 7.11 Å². The Morgan fingerprint density at radius 1 is 1.35 bits per heavy atom. The average Bonchev–Trinajstić information content (AvgIpc) is 2.37. The van der Waals surface area contributed by atoms with Gasteiger partial charge in [0.05, 0.1) is 12.7 Å². The molecule has 0 aliphatic rings. The molecule has 0 aliphatic heterocycles. The van der Waals surface area contributed by atoms with Crippen molar-refractivity contribution >= 4 is 0 Å². The second-order valence-electron chi connectivity index (χ2n) is 3.97. The molecule has 2 nitrogen and oxygen atoms in total. The van der Waals surface area contributed by atoms with Crippen molar-refractivity contribution in [1.29, 1.82) is 0 Å². The van der Waals surface area contributed by atoms with E-state index in [0.717, 1.165) is 18.4 Å². The van der Waals surface area contributed by atoms with Gasteiger partial charge in [-0.2, -0.15) is 0 Å². The van der Waals surface area contributed by atoms with Crippen LogP contribution in [0.4, 0.5) is 0 Å². The maximum absolute atomic E-state index is 9.42. The minimum atomic E-state index is -0.311. The molecule has 1 aromatic carbocycles. The van der Waals surface area contributed by atoms with Gasteiger partial charge in [-0.25, -0.2) is 0 Å². The van der Waals surface area contributed by atoms with Gasteiger partial charge in [0.2, 0.25) is 0 Å². The molecule has 17 heavy (non-hydrogen) atoms. The molecule has 0 spiro atoms. The fourth-order valence-electron chi connectivity index (χ4n) is 1.48. The number of benzene rings is 1. The van der Waals surface area contributed by atoms with E-state index >= 15 is 0 Å². The van der Waals surface area contributed by atoms with Gasteiger partial charge in [-0.3, -0.25) is 0 Å². The molecule has 92 valence electrons. The van der Waals surface area contributed by atoms with Crippen molar-refractivity contribution in [2.45, 2.75) is 32.3 Å². The summed E-state index contributed by atoms with van der Waals surface area (Å²) in [6.45, 7) is 2.66. The fourth-order valence-corrected chi connectivity index (χ4v) is 1.48. The van der Waals surface area contributed by atoms with Crippen molar-refractivity contribution in [1.82, 2.24) is 0 Å². The van der Waals surface area contributed by atoms with E-state index in [0.29, 0.717) is 13.0 Å². The first-order valence-corrected chi connectivity index (χ1v) is 6.01. The van der Waals surface area contributed by atoms with E-state index in [4.69, 9.17) is 4.74 Å². The van der Waals surface area contributed by atoms with Gasteiger partial charge < -0.3 is 9.84 Å². The van der Waals surface area contributed by atoms with Crippen LogP contribution >= 0.6 is 0 Å². The third kappa shape index (κ3) is 5.04. The molecule has 1 N–H and O–H groups in total. The molecule has 0 radical (unpaired) electrons. The van der Waals surface area contributed by atoms with Crippen LogP contribution in [0.5, 0.6) is 0 Å². The van der Waals surface area contributed by atoms with Crippen LogP contribution in [0.2, 0.25) is 0 Å². The van der Waals surface area contributed by atoms with Crippen LogP contribution in [0.1, 0.15) is 30.9 Å². The summed E-state index contributed by atoms with van der Waals surface area (Å²) in [6.07, 6.45) is 1.85. The van der Waals surface area contributed by atoms with Crippen LogP contribution in [-0.2, 0) is 11.2 Å². The summed E-state index contributed by atoms with van der Waals surface area (Å²) in [6, 6.07) is 8.07. The summed E-state index contributed by atoms with van der Waals surface area (Å²) in [5.74, 6) is 6.15. The van der Waals surface area contributed by atoms with E-state index < -0.39 is 0 Å². The zero-order valence-corrected chi connectivity index (χ0v) is 10.6. The largest absolute Gasteiger partial charge is 0.392 e. The lowest BCUT2D eigenvalue weighted by Crippen LogP contribution is -2.01. The van der Waals surface area contributed by atoms with E-state index in [1.807, 2.05) is 25.1 Å². The highest BCUT2D eigenvalue weighted by Gasteiger charge is 1.99. The summed E-state index contributed by atoms with van der Waals surface area (Å²) in [5.41, 5.74) is 2.24. The molecular weight excluding hydrogens is 212 g/mol. The van der Waals surface area contributed by atoms with Crippen molar-refractivity contribution in [3.63, 3.8) is 0 Å². The highest BCUT2D eigenvalue weighted by Crippen LogP contribution is 2.08. The summed E-state index contributed by atoms with van der Waals surface area (Å²) >= 11 is 0. The molecule has 1 aromatic rings. The molecule has 1 rings (SSSR count). The number of aliphatic hydroxyl groups is 1. The molecule has 0 fully saturated rings. The topological polar surface area (TPSA) is 29.5 Å². The van der Waals surface area contributed by atoms with E-state index in [-0.39, 0.29) is 6.10 Å². The van der Waals surface area contributed by atoms with E-state index in [2.05, 4.69) is 17.9 Å². The average molecular weight is 232 g/mol. The monoisotopic (exact) mass is 232 g/mol. The van der Waals surface area contributed by atoms with Gasteiger partial charge in [-0.05, 0) is 24.5 Å². The van der Waals surface area contributed by atoms with E-state index in [9.17, 15) is 5.11 Å². The zero-order chi connectivity index (χ0) is 12.5. The summed E-state index contributed by atoms with van der Waals surface area (Å²) in [7, 11) is 1.70. The number of rotatable bonds is 5. The molecule has 1 unspecified atom stereocenters. The number of hydrogen-bond acceptors (Lipinski definition) is 2. The van der Waals surface area contributed by atoms with Gasteiger partial charge in [0.15, 0.2) is 0 Å². The first-order chi connectivity index (χ1) is 8.27. The molecule has 0 saturated heterocycles. The summed E-state index contributed by atoms with van der Waals surface area (Å²) in [4.78, 5) is 0. The Morgan fingerprint density at radius 3 is 2.82 bits per heavy atom. The molecule has 0 bridgehead atoms. The predicted molar refractivity (Wildman–Crippen MR) is 69.8 cm³/mol. The summed E-state index contributed by atoms with van der Waals surface area (Å²) in [5, 5.41) is 9.42. The number of aliphatic hydroxyl groups excluding tert-OH is 1. The van der Waals surface area contributed by atoms with Gasteiger partial charge in [0.25, 0.3) is 0 Å². The first-order valence-electron chi connectivity index (χ1n) is 6.01. The van der Waals surface area contributed by atoms with Gasteiger partial charge in [-0.15, -0.1) is 0 Å². The highest BCUT2D eigenvalue weighted by molar-refractivity contribution is 5.41. The predicted octanol–water partition coefficient (Wildman–Crippen LogP) is 2.39.